The minimum atomic E-state index is -1.53. The van der Waals surface area contributed by atoms with E-state index >= 15 is 0 Å². The van der Waals surface area contributed by atoms with E-state index in [0.717, 1.165) is 0 Å². The van der Waals surface area contributed by atoms with Crippen LogP contribution in [-0.2, 0) is 14.4 Å². The number of amides is 3. The fourth-order valence-corrected chi connectivity index (χ4v) is 1.78. The molecule has 0 fully saturated rings. The third-order valence-corrected chi connectivity index (χ3v) is 3.24. The number of hydrogen-bond acceptors (Lipinski definition) is 9. The van der Waals surface area contributed by atoms with Gasteiger partial charge in [-0.05, 0) is 13.3 Å². The second kappa shape index (κ2) is 9.43. The van der Waals surface area contributed by atoms with Gasteiger partial charge in [0.2, 0.25) is 11.8 Å². The average Bonchev–Trinajstić information content (AvgIpc) is 3.04. The standard InChI is InChI=1S/C13H20N6O7/c1-5(21)9(15)10-18-11(26-19-10)6(2-3-8(14)22)16-13(25)17-7(4-20)12(23)24/h6-7,9,20H,2-4,15H2,1H3,(H2,14,22)(H,23,24)(H2,16,17,25)/t6-,7-,9-/m0/s1. The number of aliphatic hydroxyl groups is 1. The summed E-state index contributed by atoms with van der Waals surface area (Å²) in [5.41, 5.74) is 10.7. The molecular formula is C13H20N6O7. The van der Waals surface area contributed by atoms with Gasteiger partial charge in [-0.25, -0.2) is 9.59 Å². The molecule has 0 aliphatic carbocycles. The fraction of sp³-hybridized carbons (Fsp3) is 0.538. The third kappa shape index (κ3) is 6.10. The van der Waals surface area contributed by atoms with Gasteiger partial charge in [-0.1, -0.05) is 5.16 Å². The zero-order valence-electron chi connectivity index (χ0n) is 13.8. The summed E-state index contributed by atoms with van der Waals surface area (Å²) in [5.74, 6) is -2.77. The van der Waals surface area contributed by atoms with Crippen LogP contribution in [0.25, 0.3) is 0 Å². The molecule has 0 aliphatic rings. The van der Waals surface area contributed by atoms with Gasteiger partial charge in [-0.2, -0.15) is 4.98 Å². The van der Waals surface area contributed by atoms with Crippen LogP contribution < -0.4 is 22.1 Å². The predicted molar refractivity (Wildman–Crippen MR) is 83.3 cm³/mol. The van der Waals surface area contributed by atoms with E-state index in [9.17, 15) is 19.2 Å². The molecule has 0 aromatic carbocycles. The van der Waals surface area contributed by atoms with E-state index in [-0.39, 0.29) is 24.6 Å². The molecule has 1 rings (SSSR count). The van der Waals surface area contributed by atoms with E-state index < -0.39 is 48.4 Å². The maximum atomic E-state index is 11.9. The van der Waals surface area contributed by atoms with Crippen LogP contribution in [0.4, 0.5) is 4.79 Å². The SMILES string of the molecule is CC(=O)[C@H](N)c1noc([C@H](CCC(N)=O)NC(=O)N[C@@H](CO)C(=O)O)n1. The van der Waals surface area contributed by atoms with Crippen LogP contribution in [0.2, 0.25) is 0 Å². The quantitative estimate of drug-likeness (QED) is 0.258. The first-order chi connectivity index (χ1) is 12.1. The topological polar surface area (TPSA) is 224 Å². The summed E-state index contributed by atoms with van der Waals surface area (Å²) in [6.07, 6.45) is -0.180. The Morgan fingerprint density at radius 3 is 2.42 bits per heavy atom. The minimum Gasteiger partial charge on any atom is -0.480 e. The first kappa shape index (κ1) is 21.0. The number of ketones is 1. The molecule has 0 bridgehead atoms. The summed E-state index contributed by atoms with van der Waals surface area (Å²) in [7, 11) is 0. The number of carbonyl (C=O) groups excluding carboxylic acids is 3. The monoisotopic (exact) mass is 372 g/mol. The number of aromatic nitrogens is 2. The number of carbonyl (C=O) groups is 4. The number of primary amides is 1. The Labute approximate surface area is 147 Å². The molecule has 0 radical (unpaired) electrons. The number of Topliss-reactive ketones (excluding diaryl/α,β-unsaturated/α-hetero) is 1. The third-order valence-electron chi connectivity index (χ3n) is 3.24. The molecule has 3 amide bonds. The van der Waals surface area contributed by atoms with Crippen molar-refractivity contribution in [2.75, 3.05) is 6.61 Å². The Morgan fingerprint density at radius 2 is 1.92 bits per heavy atom. The summed E-state index contributed by atoms with van der Waals surface area (Å²) < 4.78 is 4.96. The molecule has 13 nitrogen and oxygen atoms in total. The number of rotatable bonds is 10. The Balaban J connectivity index is 2.91. The van der Waals surface area contributed by atoms with E-state index in [0.29, 0.717) is 0 Å². The number of aliphatic hydroxyl groups excluding tert-OH is 1. The van der Waals surface area contributed by atoms with Crippen molar-refractivity contribution in [1.82, 2.24) is 20.8 Å². The van der Waals surface area contributed by atoms with Gasteiger partial charge in [0.15, 0.2) is 17.6 Å². The molecule has 0 aliphatic heterocycles. The molecule has 26 heavy (non-hydrogen) atoms. The van der Waals surface area contributed by atoms with Gasteiger partial charge in [-0.15, -0.1) is 0 Å². The molecule has 8 N–H and O–H groups in total. The predicted octanol–water partition coefficient (Wildman–Crippen LogP) is -2.29. The van der Waals surface area contributed by atoms with Crippen LogP contribution in [0.5, 0.6) is 0 Å². The van der Waals surface area contributed by atoms with Crippen LogP contribution in [0.3, 0.4) is 0 Å². The van der Waals surface area contributed by atoms with E-state index in [1.807, 2.05) is 5.32 Å². The van der Waals surface area contributed by atoms with Crippen LogP contribution in [0.1, 0.15) is 43.6 Å². The highest BCUT2D eigenvalue weighted by Gasteiger charge is 2.26. The van der Waals surface area contributed by atoms with Crippen molar-refractivity contribution in [3.8, 4) is 0 Å². The minimum absolute atomic E-state index is 0.0312. The largest absolute Gasteiger partial charge is 0.480 e. The van der Waals surface area contributed by atoms with Crippen molar-refractivity contribution in [3.63, 3.8) is 0 Å². The van der Waals surface area contributed by atoms with Crippen molar-refractivity contribution in [1.29, 1.82) is 0 Å². The molecule has 0 saturated heterocycles. The number of aliphatic carboxylic acids is 1. The van der Waals surface area contributed by atoms with Gasteiger partial charge in [0, 0.05) is 6.42 Å². The summed E-state index contributed by atoms with van der Waals surface area (Å²) in [6, 6.07) is -4.62. The van der Waals surface area contributed by atoms with Crippen molar-refractivity contribution in [3.05, 3.63) is 11.7 Å². The van der Waals surface area contributed by atoms with Gasteiger partial charge < -0.3 is 36.8 Å². The normalized spacial score (nSPS) is 14.1. The lowest BCUT2D eigenvalue weighted by molar-refractivity contribution is -0.140. The zero-order valence-corrected chi connectivity index (χ0v) is 13.8. The molecule has 0 saturated carbocycles. The highest BCUT2D eigenvalue weighted by Crippen LogP contribution is 2.18. The summed E-state index contributed by atoms with van der Waals surface area (Å²) in [5, 5.41) is 25.6. The van der Waals surface area contributed by atoms with Gasteiger partial charge in [0.25, 0.3) is 0 Å². The van der Waals surface area contributed by atoms with Crippen molar-refractivity contribution in [2.45, 2.75) is 37.9 Å². The average molecular weight is 372 g/mol. The Kier molecular flexibility index (Phi) is 7.61. The zero-order chi connectivity index (χ0) is 19.9. The van der Waals surface area contributed by atoms with Crippen LogP contribution in [-0.4, -0.2) is 56.7 Å². The van der Waals surface area contributed by atoms with E-state index in [1.54, 1.807) is 0 Å². The summed E-state index contributed by atoms with van der Waals surface area (Å²) in [6.45, 7) is 0.408. The first-order valence-corrected chi connectivity index (χ1v) is 7.44. The molecule has 0 unspecified atom stereocenters. The van der Waals surface area contributed by atoms with Crippen LogP contribution >= 0.6 is 0 Å². The number of nitrogens with zero attached hydrogens (tertiary/aromatic N) is 2. The molecule has 144 valence electrons. The molecule has 1 aromatic heterocycles. The van der Waals surface area contributed by atoms with Crippen molar-refractivity contribution in [2.24, 2.45) is 11.5 Å². The van der Waals surface area contributed by atoms with E-state index in [1.165, 1.54) is 6.92 Å². The molecule has 3 atom stereocenters. The molecule has 13 heteroatoms. The molecule has 1 aromatic rings. The number of carboxylic acids is 1. The Bertz CT molecular complexity index is 676. The van der Waals surface area contributed by atoms with E-state index in [2.05, 4.69) is 15.5 Å². The maximum Gasteiger partial charge on any atom is 0.328 e. The van der Waals surface area contributed by atoms with Crippen molar-refractivity contribution < 1.29 is 33.9 Å². The lowest BCUT2D eigenvalue weighted by atomic mass is 10.1. The second-order valence-electron chi connectivity index (χ2n) is 5.33. The lowest BCUT2D eigenvalue weighted by Gasteiger charge is -2.17. The molecule has 0 spiro atoms. The highest BCUT2D eigenvalue weighted by molar-refractivity contribution is 5.83. The van der Waals surface area contributed by atoms with Gasteiger partial charge in [0.1, 0.15) is 12.1 Å². The smallest absolute Gasteiger partial charge is 0.328 e. The van der Waals surface area contributed by atoms with Gasteiger partial charge >= 0.3 is 12.0 Å². The first-order valence-electron chi connectivity index (χ1n) is 7.44. The number of urea groups is 1. The number of nitrogens with one attached hydrogen (secondary N) is 2. The molecular weight excluding hydrogens is 352 g/mol. The number of carboxylic acid groups (broad SMARTS) is 1. The highest BCUT2D eigenvalue weighted by atomic mass is 16.5. The van der Waals surface area contributed by atoms with Crippen LogP contribution in [0.15, 0.2) is 4.52 Å². The number of hydrogen-bond donors (Lipinski definition) is 6. The molecule has 1 heterocycles. The van der Waals surface area contributed by atoms with Gasteiger partial charge in [0.05, 0.1) is 6.61 Å². The van der Waals surface area contributed by atoms with Crippen molar-refractivity contribution >= 4 is 23.7 Å². The Hall–Kier alpha value is -3.06. The summed E-state index contributed by atoms with van der Waals surface area (Å²) >= 11 is 0. The van der Waals surface area contributed by atoms with Gasteiger partial charge in [-0.3, -0.25) is 9.59 Å². The van der Waals surface area contributed by atoms with E-state index in [4.69, 9.17) is 26.2 Å². The number of nitrogens with two attached hydrogens (primary N) is 2. The van der Waals surface area contributed by atoms with Crippen LogP contribution in [0, 0.1) is 0 Å². The maximum absolute atomic E-state index is 11.9. The lowest BCUT2D eigenvalue weighted by Crippen LogP contribution is -2.48. The summed E-state index contributed by atoms with van der Waals surface area (Å²) in [4.78, 5) is 48.9. The Morgan fingerprint density at radius 1 is 1.27 bits per heavy atom. The fourth-order valence-electron chi connectivity index (χ4n) is 1.78. The second-order valence-corrected chi connectivity index (χ2v) is 5.33.